The summed E-state index contributed by atoms with van der Waals surface area (Å²) in [5.41, 5.74) is 3.34. The molecule has 0 radical (unpaired) electrons. The van der Waals surface area contributed by atoms with E-state index in [4.69, 9.17) is 4.52 Å². The first-order valence-electron chi connectivity index (χ1n) is 10.3. The molecule has 4 rings (SSSR count). The van der Waals surface area contributed by atoms with Gasteiger partial charge in [-0.05, 0) is 55.5 Å². The SMILES string of the molecule is Cc1cc(CSc2ccccc2C(=O)Nc2ccc(NC(=O)Nc3ccccc3)cc2)on1. The maximum atomic E-state index is 12.9. The molecule has 1 aromatic heterocycles. The van der Waals surface area contributed by atoms with E-state index in [9.17, 15) is 9.59 Å². The van der Waals surface area contributed by atoms with Crippen LogP contribution in [0.4, 0.5) is 21.9 Å². The van der Waals surface area contributed by atoms with E-state index in [1.165, 1.54) is 11.8 Å². The van der Waals surface area contributed by atoms with E-state index in [-0.39, 0.29) is 11.9 Å². The zero-order valence-electron chi connectivity index (χ0n) is 17.9. The van der Waals surface area contributed by atoms with E-state index in [0.717, 1.165) is 16.3 Å². The fraction of sp³-hybridized carbons (Fsp3) is 0.0800. The summed E-state index contributed by atoms with van der Waals surface area (Å²) in [6.07, 6.45) is 0. The van der Waals surface area contributed by atoms with Crippen molar-refractivity contribution in [3.8, 4) is 0 Å². The van der Waals surface area contributed by atoms with Gasteiger partial charge in [0.1, 0.15) is 5.76 Å². The molecule has 0 atom stereocenters. The smallest absolute Gasteiger partial charge is 0.323 e. The Bertz CT molecular complexity index is 1240. The fourth-order valence-electron chi connectivity index (χ4n) is 3.06. The third-order valence-electron chi connectivity index (χ3n) is 4.61. The molecule has 3 aromatic carbocycles. The molecule has 0 saturated carbocycles. The van der Waals surface area contributed by atoms with E-state index in [1.807, 2.05) is 49.4 Å². The number of rotatable bonds is 7. The minimum Gasteiger partial charge on any atom is -0.360 e. The zero-order chi connectivity index (χ0) is 23.0. The molecule has 3 N–H and O–H groups in total. The number of hydrogen-bond donors (Lipinski definition) is 3. The number of nitrogens with zero attached hydrogens (tertiary/aromatic N) is 1. The van der Waals surface area contributed by atoms with Crippen LogP contribution >= 0.6 is 11.8 Å². The number of anilines is 3. The highest BCUT2D eigenvalue weighted by Crippen LogP contribution is 2.27. The summed E-state index contributed by atoms with van der Waals surface area (Å²) >= 11 is 1.51. The molecular formula is C25H22N4O3S. The molecule has 0 aliphatic heterocycles. The van der Waals surface area contributed by atoms with Gasteiger partial charge in [0.15, 0.2) is 0 Å². The van der Waals surface area contributed by atoms with Gasteiger partial charge in [0, 0.05) is 28.0 Å². The normalized spacial score (nSPS) is 10.5. The standard InChI is InChI=1S/C25H22N4O3S/c1-17-15-21(32-29-17)16-33-23-10-6-5-9-22(23)24(30)26-19-11-13-20(14-12-19)28-25(31)27-18-7-3-2-4-8-18/h2-15H,16H2,1H3,(H,26,30)(H2,27,28,31). The Morgan fingerprint density at radius 2 is 1.42 bits per heavy atom. The summed E-state index contributed by atoms with van der Waals surface area (Å²) in [6, 6.07) is 25.1. The summed E-state index contributed by atoms with van der Waals surface area (Å²) in [7, 11) is 0. The summed E-state index contributed by atoms with van der Waals surface area (Å²) in [6.45, 7) is 1.87. The molecule has 3 amide bonds. The van der Waals surface area contributed by atoms with E-state index < -0.39 is 0 Å². The molecule has 166 valence electrons. The number of thioether (sulfide) groups is 1. The minimum atomic E-state index is -0.342. The summed E-state index contributed by atoms with van der Waals surface area (Å²) < 4.78 is 5.25. The van der Waals surface area contributed by atoms with Gasteiger partial charge >= 0.3 is 6.03 Å². The number of hydrogen-bond acceptors (Lipinski definition) is 5. The van der Waals surface area contributed by atoms with E-state index >= 15 is 0 Å². The van der Waals surface area contributed by atoms with Crippen molar-refractivity contribution >= 4 is 40.8 Å². The molecular weight excluding hydrogens is 436 g/mol. The monoisotopic (exact) mass is 458 g/mol. The van der Waals surface area contributed by atoms with Crippen molar-refractivity contribution in [1.29, 1.82) is 0 Å². The van der Waals surface area contributed by atoms with Gasteiger partial charge in [-0.15, -0.1) is 11.8 Å². The zero-order valence-corrected chi connectivity index (χ0v) is 18.7. The Balaban J connectivity index is 1.35. The van der Waals surface area contributed by atoms with Gasteiger partial charge < -0.3 is 20.5 Å². The second kappa shape index (κ2) is 10.5. The highest BCUT2D eigenvalue weighted by molar-refractivity contribution is 7.98. The molecule has 7 nitrogen and oxygen atoms in total. The average Bonchev–Trinajstić information content (AvgIpc) is 3.25. The Kier molecular flexibility index (Phi) is 7.06. The van der Waals surface area contributed by atoms with Crippen molar-refractivity contribution in [2.45, 2.75) is 17.6 Å². The first-order valence-corrected chi connectivity index (χ1v) is 11.2. The van der Waals surface area contributed by atoms with Crippen LogP contribution in [0.5, 0.6) is 0 Å². The van der Waals surface area contributed by atoms with Gasteiger partial charge in [0.2, 0.25) is 0 Å². The molecule has 0 spiro atoms. The average molecular weight is 459 g/mol. The number of aromatic nitrogens is 1. The number of nitrogens with one attached hydrogen (secondary N) is 3. The van der Waals surface area contributed by atoms with Crippen LogP contribution in [-0.4, -0.2) is 17.1 Å². The summed E-state index contributed by atoms with van der Waals surface area (Å²) in [4.78, 5) is 25.9. The summed E-state index contributed by atoms with van der Waals surface area (Å²) in [5, 5.41) is 12.3. The number of aryl methyl sites for hydroxylation is 1. The van der Waals surface area contributed by atoms with Gasteiger partial charge in [-0.25, -0.2) is 4.79 Å². The van der Waals surface area contributed by atoms with Crippen LogP contribution in [0.2, 0.25) is 0 Å². The lowest BCUT2D eigenvalue weighted by Gasteiger charge is -2.11. The number of amides is 3. The van der Waals surface area contributed by atoms with Gasteiger partial charge in [-0.1, -0.05) is 35.5 Å². The second-order valence-corrected chi connectivity index (χ2v) is 8.21. The predicted octanol–water partition coefficient (Wildman–Crippen LogP) is 6.17. The lowest BCUT2D eigenvalue weighted by Crippen LogP contribution is -2.19. The predicted molar refractivity (Wildman–Crippen MR) is 131 cm³/mol. The van der Waals surface area contributed by atoms with Crippen LogP contribution in [0.15, 0.2) is 94.3 Å². The quantitative estimate of drug-likeness (QED) is 0.288. The molecule has 0 bridgehead atoms. The van der Waals surface area contributed by atoms with Crippen LogP contribution in [0.1, 0.15) is 21.8 Å². The Hall–Kier alpha value is -4.04. The van der Waals surface area contributed by atoms with Crippen LogP contribution < -0.4 is 16.0 Å². The second-order valence-electron chi connectivity index (χ2n) is 7.20. The lowest BCUT2D eigenvalue weighted by molar-refractivity contribution is 0.102. The molecule has 0 saturated heterocycles. The molecule has 0 aliphatic carbocycles. The van der Waals surface area contributed by atoms with Gasteiger partial charge in [0.25, 0.3) is 5.91 Å². The number of carbonyl (C=O) groups excluding carboxylic acids is 2. The molecule has 0 aliphatic rings. The number of benzene rings is 3. The number of para-hydroxylation sites is 1. The van der Waals surface area contributed by atoms with Crippen LogP contribution in [0.3, 0.4) is 0 Å². The molecule has 8 heteroatoms. The maximum absolute atomic E-state index is 12.9. The molecule has 1 heterocycles. The third-order valence-corrected chi connectivity index (χ3v) is 5.71. The largest absolute Gasteiger partial charge is 0.360 e. The van der Waals surface area contributed by atoms with Gasteiger partial charge in [0.05, 0.1) is 17.0 Å². The highest BCUT2D eigenvalue weighted by Gasteiger charge is 2.13. The van der Waals surface area contributed by atoms with Crippen molar-refractivity contribution in [3.63, 3.8) is 0 Å². The van der Waals surface area contributed by atoms with Crippen molar-refractivity contribution < 1.29 is 14.1 Å². The van der Waals surface area contributed by atoms with E-state index in [1.54, 1.807) is 42.5 Å². The first-order chi connectivity index (χ1) is 16.1. The molecule has 33 heavy (non-hydrogen) atoms. The summed E-state index contributed by atoms with van der Waals surface area (Å²) in [5.74, 6) is 1.12. The van der Waals surface area contributed by atoms with Crippen molar-refractivity contribution in [1.82, 2.24) is 5.16 Å². The van der Waals surface area contributed by atoms with Crippen molar-refractivity contribution in [2.75, 3.05) is 16.0 Å². The number of urea groups is 1. The van der Waals surface area contributed by atoms with Crippen LogP contribution in [-0.2, 0) is 5.75 Å². The van der Waals surface area contributed by atoms with E-state index in [2.05, 4.69) is 21.1 Å². The maximum Gasteiger partial charge on any atom is 0.323 e. The topological polar surface area (TPSA) is 96.3 Å². The van der Waals surface area contributed by atoms with E-state index in [0.29, 0.717) is 28.4 Å². The third kappa shape index (κ3) is 6.24. The minimum absolute atomic E-state index is 0.214. The van der Waals surface area contributed by atoms with Gasteiger partial charge in [-0.3, -0.25) is 4.79 Å². The lowest BCUT2D eigenvalue weighted by atomic mass is 10.2. The first kappa shape index (κ1) is 22.2. The molecule has 0 fully saturated rings. The van der Waals surface area contributed by atoms with Crippen molar-refractivity contribution in [3.05, 3.63) is 102 Å². The molecule has 4 aromatic rings. The molecule has 0 unspecified atom stereocenters. The Morgan fingerprint density at radius 1 is 0.818 bits per heavy atom. The van der Waals surface area contributed by atoms with Crippen LogP contribution in [0, 0.1) is 6.92 Å². The van der Waals surface area contributed by atoms with Crippen LogP contribution in [0.25, 0.3) is 0 Å². The fourth-order valence-corrected chi connectivity index (χ4v) is 3.99. The number of carbonyl (C=O) groups is 2. The highest BCUT2D eigenvalue weighted by atomic mass is 32.2. The van der Waals surface area contributed by atoms with Gasteiger partial charge in [-0.2, -0.15) is 0 Å². The Labute approximate surface area is 195 Å². The Morgan fingerprint density at radius 3 is 2.09 bits per heavy atom. The van der Waals surface area contributed by atoms with Crippen molar-refractivity contribution in [2.24, 2.45) is 0 Å².